The maximum absolute atomic E-state index is 12.6. The molecule has 0 aliphatic carbocycles. The third kappa shape index (κ3) is 2.34. The van der Waals surface area contributed by atoms with Gasteiger partial charge in [0.25, 0.3) is 0 Å². The van der Waals surface area contributed by atoms with E-state index in [-0.39, 0.29) is 5.43 Å². The minimum atomic E-state index is -0.533. The smallest absolute Gasteiger partial charge is 0.335 e. The zero-order valence-electron chi connectivity index (χ0n) is 11.4. The molecule has 0 unspecified atom stereocenters. The average molecular weight is 296 g/mol. The van der Waals surface area contributed by atoms with Crippen LogP contribution in [0.25, 0.3) is 20.2 Å². The predicted molar refractivity (Wildman–Crippen MR) is 86.2 cm³/mol. The SMILES string of the molecule is C=CC(=O)Oc1cc2c(=O)c3ccccc3sc2cc1C. The van der Waals surface area contributed by atoms with E-state index in [0.29, 0.717) is 16.5 Å². The number of hydrogen-bond acceptors (Lipinski definition) is 4. The first-order valence-corrected chi connectivity index (χ1v) is 7.22. The van der Waals surface area contributed by atoms with Crippen LogP contribution in [0.2, 0.25) is 0 Å². The van der Waals surface area contributed by atoms with Gasteiger partial charge in [-0.3, -0.25) is 4.79 Å². The first-order valence-electron chi connectivity index (χ1n) is 6.40. The largest absolute Gasteiger partial charge is 0.423 e. The van der Waals surface area contributed by atoms with E-state index in [1.54, 1.807) is 17.4 Å². The molecule has 3 nitrogen and oxygen atoms in total. The second-order valence-corrected chi connectivity index (χ2v) is 5.75. The number of carbonyl (C=O) groups is 1. The van der Waals surface area contributed by atoms with Crippen molar-refractivity contribution in [2.45, 2.75) is 6.92 Å². The first kappa shape index (κ1) is 13.5. The van der Waals surface area contributed by atoms with E-state index in [2.05, 4.69) is 6.58 Å². The van der Waals surface area contributed by atoms with Gasteiger partial charge in [0, 0.05) is 26.2 Å². The fraction of sp³-hybridized carbons (Fsp3) is 0.0588. The van der Waals surface area contributed by atoms with Crippen molar-refractivity contribution in [3.63, 3.8) is 0 Å². The number of hydrogen-bond donors (Lipinski definition) is 0. The summed E-state index contributed by atoms with van der Waals surface area (Å²) in [6, 6.07) is 11.0. The number of aryl methyl sites for hydroxylation is 1. The molecule has 1 heterocycles. The molecule has 0 saturated carbocycles. The summed E-state index contributed by atoms with van der Waals surface area (Å²) in [6.45, 7) is 5.22. The molecule has 0 spiro atoms. The molecule has 104 valence electrons. The van der Waals surface area contributed by atoms with E-state index in [1.807, 2.05) is 37.3 Å². The van der Waals surface area contributed by atoms with Crippen LogP contribution in [0.4, 0.5) is 0 Å². The summed E-state index contributed by atoms with van der Waals surface area (Å²) in [5, 5.41) is 1.25. The van der Waals surface area contributed by atoms with Crippen molar-refractivity contribution in [2.24, 2.45) is 0 Å². The van der Waals surface area contributed by atoms with E-state index in [9.17, 15) is 9.59 Å². The van der Waals surface area contributed by atoms with Crippen LogP contribution in [0.3, 0.4) is 0 Å². The summed E-state index contributed by atoms with van der Waals surface area (Å²) < 4.78 is 7.01. The minimum Gasteiger partial charge on any atom is -0.423 e. The second kappa shape index (κ2) is 5.14. The van der Waals surface area contributed by atoms with Crippen molar-refractivity contribution in [1.82, 2.24) is 0 Å². The molecule has 0 saturated heterocycles. The van der Waals surface area contributed by atoms with Gasteiger partial charge in [0.15, 0.2) is 5.43 Å². The van der Waals surface area contributed by atoms with Gasteiger partial charge in [0.05, 0.1) is 0 Å². The summed E-state index contributed by atoms with van der Waals surface area (Å²) in [5.74, 6) is -0.138. The van der Waals surface area contributed by atoms with Gasteiger partial charge in [-0.15, -0.1) is 11.3 Å². The number of rotatable bonds is 2. The Kier molecular flexibility index (Phi) is 3.31. The molecule has 1 aromatic heterocycles. The molecule has 4 heteroatoms. The number of ether oxygens (including phenoxy) is 1. The second-order valence-electron chi connectivity index (χ2n) is 4.67. The van der Waals surface area contributed by atoms with Gasteiger partial charge < -0.3 is 4.74 Å². The fourth-order valence-electron chi connectivity index (χ4n) is 2.19. The van der Waals surface area contributed by atoms with E-state index < -0.39 is 5.97 Å². The molecule has 0 bridgehead atoms. The molecule has 0 aliphatic heterocycles. The molecule has 0 atom stereocenters. The zero-order valence-corrected chi connectivity index (χ0v) is 12.2. The van der Waals surface area contributed by atoms with Crippen molar-refractivity contribution in [3.8, 4) is 5.75 Å². The highest BCUT2D eigenvalue weighted by molar-refractivity contribution is 7.24. The summed E-state index contributed by atoms with van der Waals surface area (Å²) in [7, 11) is 0. The van der Waals surface area contributed by atoms with Gasteiger partial charge in [-0.25, -0.2) is 4.79 Å². The molecule has 2 aromatic carbocycles. The third-order valence-electron chi connectivity index (χ3n) is 3.25. The van der Waals surface area contributed by atoms with Gasteiger partial charge >= 0.3 is 5.97 Å². The molecule has 21 heavy (non-hydrogen) atoms. The standard InChI is InChI=1S/C17H12O3S/c1-3-16(18)20-13-9-12-15(8-10(13)2)21-14-7-5-4-6-11(14)17(12)19/h3-9H,1H2,2H3. The molecule has 0 radical (unpaired) electrons. The highest BCUT2D eigenvalue weighted by Gasteiger charge is 2.11. The van der Waals surface area contributed by atoms with Gasteiger partial charge in [-0.05, 0) is 36.8 Å². The summed E-state index contributed by atoms with van der Waals surface area (Å²) in [6.07, 6.45) is 1.10. The van der Waals surface area contributed by atoms with Crippen LogP contribution in [0.1, 0.15) is 5.56 Å². The number of carbonyl (C=O) groups excluding carboxylic acids is 1. The van der Waals surface area contributed by atoms with Gasteiger partial charge in [0.2, 0.25) is 0 Å². The summed E-state index contributed by atoms with van der Waals surface area (Å²) in [4.78, 5) is 23.9. The molecule has 0 amide bonds. The van der Waals surface area contributed by atoms with Crippen LogP contribution in [-0.2, 0) is 4.79 Å². The zero-order chi connectivity index (χ0) is 15.0. The number of benzene rings is 2. The van der Waals surface area contributed by atoms with Crippen molar-refractivity contribution in [1.29, 1.82) is 0 Å². The molecular weight excluding hydrogens is 284 g/mol. The van der Waals surface area contributed by atoms with Crippen molar-refractivity contribution < 1.29 is 9.53 Å². The highest BCUT2D eigenvalue weighted by Crippen LogP contribution is 2.30. The number of fused-ring (bicyclic) bond motifs is 2. The Balaban J connectivity index is 2.32. The van der Waals surface area contributed by atoms with Gasteiger partial charge in [-0.2, -0.15) is 0 Å². The molecular formula is C17H12O3S. The Hall–Kier alpha value is -2.46. The Morgan fingerprint density at radius 3 is 2.71 bits per heavy atom. The van der Waals surface area contributed by atoms with Crippen LogP contribution < -0.4 is 10.2 Å². The monoisotopic (exact) mass is 296 g/mol. The molecule has 0 aliphatic rings. The van der Waals surface area contributed by atoms with E-state index in [0.717, 1.165) is 21.0 Å². The third-order valence-corrected chi connectivity index (χ3v) is 4.38. The lowest BCUT2D eigenvalue weighted by Gasteiger charge is -2.08. The summed E-state index contributed by atoms with van der Waals surface area (Å²) >= 11 is 1.55. The first-order chi connectivity index (χ1) is 10.1. The Labute approximate surface area is 125 Å². The van der Waals surface area contributed by atoms with Gasteiger partial charge in [0.1, 0.15) is 5.75 Å². The highest BCUT2D eigenvalue weighted by atomic mass is 32.1. The Morgan fingerprint density at radius 2 is 1.95 bits per heavy atom. The Bertz CT molecular complexity index is 938. The molecule has 3 rings (SSSR count). The fourth-order valence-corrected chi connectivity index (χ4v) is 3.34. The average Bonchev–Trinajstić information content (AvgIpc) is 2.49. The predicted octanol–water partition coefficient (Wildman–Crippen LogP) is 3.81. The van der Waals surface area contributed by atoms with Crippen LogP contribution in [0.15, 0.2) is 53.8 Å². The van der Waals surface area contributed by atoms with Crippen LogP contribution in [0.5, 0.6) is 5.75 Å². The van der Waals surface area contributed by atoms with Crippen LogP contribution in [-0.4, -0.2) is 5.97 Å². The lowest BCUT2D eigenvalue weighted by atomic mass is 10.1. The molecule has 3 aromatic rings. The van der Waals surface area contributed by atoms with E-state index in [4.69, 9.17) is 4.74 Å². The van der Waals surface area contributed by atoms with E-state index >= 15 is 0 Å². The van der Waals surface area contributed by atoms with Gasteiger partial charge in [-0.1, -0.05) is 18.7 Å². The van der Waals surface area contributed by atoms with Crippen molar-refractivity contribution in [2.75, 3.05) is 0 Å². The molecule has 0 N–H and O–H groups in total. The van der Waals surface area contributed by atoms with Crippen LogP contribution in [0, 0.1) is 6.92 Å². The maximum atomic E-state index is 12.6. The Morgan fingerprint density at radius 1 is 1.19 bits per heavy atom. The topological polar surface area (TPSA) is 43.4 Å². The van der Waals surface area contributed by atoms with Crippen molar-refractivity contribution in [3.05, 3.63) is 64.8 Å². The van der Waals surface area contributed by atoms with Crippen molar-refractivity contribution >= 4 is 37.5 Å². The van der Waals surface area contributed by atoms with Crippen LogP contribution >= 0.6 is 11.3 Å². The quantitative estimate of drug-likeness (QED) is 0.312. The lowest BCUT2D eigenvalue weighted by molar-refractivity contribution is -0.129. The maximum Gasteiger partial charge on any atom is 0.335 e. The number of esters is 1. The summed E-state index contributed by atoms with van der Waals surface area (Å²) in [5.41, 5.74) is 0.763. The molecule has 0 fully saturated rings. The minimum absolute atomic E-state index is 0.0461. The normalized spacial score (nSPS) is 10.7. The van der Waals surface area contributed by atoms with E-state index in [1.165, 1.54) is 0 Å². The lowest BCUT2D eigenvalue weighted by Crippen LogP contribution is -2.06.